The number of carbonyl (C=O) groups is 2. The summed E-state index contributed by atoms with van der Waals surface area (Å²) in [4.78, 5) is 24.0. The molecule has 3 N–H and O–H groups in total. The molecule has 0 aliphatic carbocycles. The molecule has 0 radical (unpaired) electrons. The molecular formula is C21H23Br2N3O3S. The summed E-state index contributed by atoms with van der Waals surface area (Å²) in [5, 5.41) is 8.51. The normalized spacial score (nSPS) is 10.3. The van der Waals surface area contributed by atoms with Crippen LogP contribution in [0.15, 0.2) is 45.3 Å². The van der Waals surface area contributed by atoms with Crippen molar-refractivity contribution in [1.29, 1.82) is 0 Å². The number of benzene rings is 2. The maximum absolute atomic E-state index is 12.2. The van der Waals surface area contributed by atoms with Gasteiger partial charge in [-0.2, -0.15) is 0 Å². The molecule has 0 aromatic heterocycles. The van der Waals surface area contributed by atoms with Crippen LogP contribution >= 0.6 is 44.1 Å². The molecular weight excluding hydrogens is 534 g/mol. The van der Waals surface area contributed by atoms with Gasteiger partial charge in [-0.25, -0.2) is 0 Å². The number of hydrogen-bond acceptors (Lipinski definition) is 4. The largest absolute Gasteiger partial charge is 0.482 e. The summed E-state index contributed by atoms with van der Waals surface area (Å²) in [6.07, 6.45) is 2.29. The van der Waals surface area contributed by atoms with E-state index in [-0.39, 0.29) is 23.5 Å². The maximum Gasteiger partial charge on any atom is 0.264 e. The Balaban J connectivity index is 1.86. The zero-order valence-electron chi connectivity index (χ0n) is 16.7. The van der Waals surface area contributed by atoms with Crippen molar-refractivity contribution in [2.24, 2.45) is 0 Å². The molecule has 160 valence electrons. The lowest BCUT2D eigenvalue weighted by molar-refractivity contribution is -0.121. The van der Waals surface area contributed by atoms with Gasteiger partial charge in [0.25, 0.3) is 5.91 Å². The Morgan fingerprint density at radius 3 is 2.43 bits per heavy atom. The van der Waals surface area contributed by atoms with Crippen LogP contribution in [0.5, 0.6) is 5.75 Å². The van der Waals surface area contributed by atoms with Crippen molar-refractivity contribution in [3.63, 3.8) is 0 Å². The summed E-state index contributed by atoms with van der Waals surface area (Å²) in [6.45, 7) is 3.75. The van der Waals surface area contributed by atoms with Crippen molar-refractivity contribution in [2.75, 3.05) is 17.2 Å². The molecule has 0 aliphatic rings. The second-order valence-corrected chi connectivity index (χ2v) is 8.74. The minimum Gasteiger partial charge on any atom is -0.482 e. The second-order valence-electron chi connectivity index (χ2n) is 6.56. The number of hydrogen-bond donors (Lipinski definition) is 3. The van der Waals surface area contributed by atoms with Gasteiger partial charge in [-0.3, -0.25) is 14.9 Å². The number of anilines is 2. The number of rotatable bonds is 8. The Labute approximate surface area is 198 Å². The Kier molecular flexibility index (Phi) is 9.74. The number of ether oxygens (including phenoxy) is 1. The third-order valence-corrected chi connectivity index (χ3v) is 5.21. The van der Waals surface area contributed by atoms with Crippen LogP contribution < -0.4 is 20.7 Å². The summed E-state index contributed by atoms with van der Waals surface area (Å²) in [5.74, 6) is 0.181. The SMILES string of the molecule is CCCCC(=O)Nc1cccc(NC(=S)NC(=O)COc2c(C)cc(Br)cc2Br)c1. The molecule has 0 fully saturated rings. The molecule has 0 atom stereocenters. The van der Waals surface area contributed by atoms with Crippen LogP contribution in [0.3, 0.4) is 0 Å². The van der Waals surface area contributed by atoms with Crippen molar-refractivity contribution >= 4 is 72.4 Å². The molecule has 2 aromatic carbocycles. The first kappa shape index (κ1) is 24.3. The van der Waals surface area contributed by atoms with Gasteiger partial charge in [-0.1, -0.05) is 35.3 Å². The molecule has 0 spiro atoms. The van der Waals surface area contributed by atoms with Gasteiger partial charge in [0, 0.05) is 22.3 Å². The van der Waals surface area contributed by atoms with Crippen molar-refractivity contribution in [1.82, 2.24) is 5.32 Å². The van der Waals surface area contributed by atoms with Gasteiger partial charge in [0.1, 0.15) is 5.75 Å². The zero-order valence-corrected chi connectivity index (χ0v) is 20.7. The van der Waals surface area contributed by atoms with E-state index in [1.54, 1.807) is 24.3 Å². The Bertz CT molecular complexity index is 914. The summed E-state index contributed by atoms with van der Waals surface area (Å²) in [5.41, 5.74) is 2.21. The fourth-order valence-electron chi connectivity index (χ4n) is 2.57. The minimum atomic E-state index is -0.384. The summed E-state index contributed by atoms with van der Waals surface area (Å²) in [6, 6.07) is 10.9. The number of aryl methyl sites for hydroxylation is 1. The Hall–Kier alpha value is -1.97. The van der Waals surface area contributed by atoms with Crippen molar-refractivity contribution < 1.29 is 14.3 Å². The molecule has 0 unspecified atom stereocenters. The lowest BCUT2D eigenvalue weighted by atomic mass is 10.2. The number of unbranched alkanes of at least 4 members (excludes halogenated alkanes) is 1. The van der Waals surface area contributed by atoms with E-state index in [0.29, 0.717) is 23.5 Å². The van der Waals surface area contributed by atoms with Gasteiger partial charge in [0.15, 0.2) is 11.7 Å². The first-order chi connectivity index (χ1) is 14.3. The third-order valence-electron chi connectivity index (χ3n) is 3.96. The van der Waals surface area contributed by atoms with Crippen LogP contribution in [-0.2, 0) is 9.59 Å². The maximum atomic E-state index is 12.2. The summed E-state index contributed by atoms with van der Waals surface area (Å²) < 4.78 is 7.28. The van der Waals surface area contributed by atoms with Crippen molar-refractivity contribution in [3.8, 4) is 5.75 Å². The van der Waals surface area contributed by atoms with Gasteiger partial charge in [0.05, 0.1) is 4.47 Å². The highest BCUT2D eigenvalue weighted by Gasteiger charge is 2.11. The number of halogens is 2. The zero-order chi connectivity index (χ0) is 22.1. The van der Waals surface area contributed by atoms with Crippen LogP contribution in [0, 0.1) is 6.92 Å². The van der Waals surface area contributed by atoms with E-state index in [4.69, 9.17) is 17.0 Å². The highest BCUT2D eigenvalue weighted by atomic mass is 79.9. The quantitative estimate of drug-likeness (QED) is 0.372. The number of amides is 2. The highest BCUT2D eigenvalue weighted by molar-refractivity contribution is 9.11. The molecule has 0 saturated heterocycles. The van der Waals surface area contributed by atoms with Crippen molar-refractivity contribution in [3.05, 3.63) is 50.9 Å². The Morgan fingerprint density at radius 1 is 1.07 bits per heavy atom. The second kappa shape index (κ2) is 12.0. The number of thiocarbonyl (C=S) groups is 1. The van der Waals surface area contributed by atoms with E-state index in [2.05, 4.69) is 47.8 Å². The van der Waals surface area contributed by atoms with Crippen LogP contribution in [-0.4, -0.2) is 23.5 Å². The monoisotopic (exact) mass is 555 g/mol. The molecule has 2 rings (SSSR count). The molecule has 2 amide bonds. The minimum absolute atomic E-state index is 0.0311. The van der Waals surface area contributed by atoms with E-state index in [1.165, 1.54) is 0 Å². The first-order valence-electron chi connectivity index (χ1n) is 9.37. The Morgan fingerprint density at radius 2 is 1.77 bits per heavy atom. The van der Waals surface area contributed by atoms with Crippen LogP contribution in [0.2, 0.25) is 0 Å². The van der Waals surface area contributed by atoms with Gasteiger partial charge in [-0.15, -0.1) is 0 Å². The molecule has 30 heavy (non-hydrogen) atoms. The summed E-state index contributed by atoms with van der Waals surface area (Å²) in [7, 11) is 0. The van der Waals surface area contributed by atoms with E-state index < -0.39 is 0 Å². The first-order valence-corrected chi connectivity index (χ1v) is 11.4. The standard InChI is InChI=1S/C21H23Br2N3O3S/c1-3-4-8-18(27)24-15-6-5-7-16(11-15)25-21(30)26-19(28)12-29-20-13(2)9-14(22)10-17(20)23/h5-7,9-11H,3-4,8,12H2,1-2H3,(H,24,27)(H2,25,26,28,30). The molecule has 0 aliphatic heterocycles. The number of carbonyl (C=O) groups excluding carboxylic acids is 2. The molecule has 9 heteroatoms. The molecule has 0 bridgehead atoms. The topological polar surface area (TPSA) is 79.5 Å². The van der Waals surface area contributed by atoms with Crippen molar-refractivity contribution in [2.45, 2.75) is 33.1 Å². The smallest absolute Gasteiger partial charge is 0.264 e. The van der Waals surface area contributed by atoms with Gasteiger partial charge in [0.2, 0.25) is 5.91 Å². The molecule has 0 heterocycles. The van der Waals surface area contributed by atoms with Crippen LogP contribution in [0.25, 0.3) is 0 Å². The fourth-order valence-corrected chi connectivity index (χ4v) is 4.36. The van der Waals surface area contributed by atoms with E-state index in [1.807, 2.05) is 26.0 Å². The number of nitrogens with one attached hydrogen (secondary N) is 3. The van der Waals surface area contributed by atoms with Crippen LogP contribution in [0.4, 0.5) is 11.4 Å². The average Bonchev–Trinajstić information content (AvgIpc) is 2.65. The predicted molar refractivity (Wildman–Crippen MR) is 131 cm³/mol. The molecule has 2 aromatic rings. The fraction of sp³-hybridized carbons (Fsp3) is 0.286. The predicted octanol–water partition coefficient (Wildman–Crippen LogP) is 5.54. The summed E-state index contributed by atoms with van der Waals surface area (Å²) >= 11 is 12.0. The van der Waals surface area contributed by atoms with E-state index >= 15 is 0 Å². The molecule has 6 nitrogen and oxygen atoms in total. The van der Waals surface area contributed by atoms with Gasteiger partial charge >= 0.3 is 0 Å². The lowest BCUT2D eigenvalue weighted by Crippen LogP contribution is -2.37. The van der Waals surface area contributed by atoms with E-state index in [9.17, 15) is 9.59 Å². The molecule has 0 saturated carbocycles. The van der Waals surface area contributed by atoms with E-state index in [0.717, 1.165) is 27.4 Å². The lowest BCUT2D eigenvalue weighted by Gasteiger charge is -2.13. The third kappa shape index (κ3) is 8.04. The average molecular weight is 557 g/mol. The van der Waals surface area contributed by atoms with Gasteiger partial charge in [-0.05, 0) is 77.4 Å². The van der Waals surface area contributed by atoms with Gasteiger partial charge < -0.3 is 15.4 Å². The van der Waals surface area contributed by atoms with Crippen LogP contribution in [0.1, 0.15) is 31.7 Å². The highest BCUT2D eigenvalue weighted by Crippen LogP contribution is 2.32.